The van der Waals surface area contributed by atoms with E-state index in [9.17, 15) is 4.79 Å². The minimum absolute atomic E-state index is 0.0797. The first-order chi connectivity index (χ1) is 10.7. The number of carbonyl (C=O) groups excluding carboxylic acids is 1. The third-order valence-corrected chi connectivity index (χ3v) is 3.23. The van der Waals surface area contributed by atoms with E-state index in [1.54, 1.807) is 12.1 Å². The van der Waals surface area contributed by atoms with Gasteiger partial charge in [-0.05, 0) is 18.6 Å². The van der Waals surface area contributed by atoms with Crippen LogP contribution in [0.15, 0.2) is 30.5 Å². The van der Waals surface area contributed by atoms with Crippen LogP contribution in [-0.4, -0.2) is 32.2 Å². The maximum Gasteiger partial charge on any atom is 0.224 e. The average molecular weight is 304 g/mol. The van der Waals surface area contributed by atoms with Crippen LogP contribution in [0.5, 0.6) is 17.2 Å². The Morgan fingerprint density at radius 2 is 1.82 bits per heavy atom. The Kier molecular flexibility index (Phi) is 5.30. The van der Waals surface area contributed by atoms with Gasteiger partial charge in [0, 0.05) is 36.1 Å². The summed E-state index contributed by atoms with van der Waals surface area (Å²) < 4.78 is 15.8. The molecule has 0 radical (unpaired) electrons. The van der Waals surface area contributed by atoms with Crippen LogP contribution in [0.3, 0.4) is 0 Å². The number of aromatic amines is 1. The van der Waals surface area contributed by atoms with Gasteiger partial charge in [-0.15, -0.1) is 0 Å². The molecule has 2 N–H and O–H groups in total. The van der Waals surface area contributed by atoms with E-state index in [2.05, 4.69) is 10.3 Å². The van der Waals surface area contributed by atoms with Gasteiger partial charge in [-0.2, -0.15) is 0 Å². The average Bonchev–Trinajstić information content (AvgIpc) is 3.05. The predicted octanol–water partition coefficient (Wildman–Crippen LogP) is 2.61. The normalized spacial score (nSPS) is 10.1. The molecule has 22 heavy (non-hydrogen) atoms. The van der Waals surface area contributed by atoms with Gasteiger partial charge in [-0.3, -0.25) is 4.79 Å². The van der Waals surface area contributed by atoms with Gasteiger partial charge in [-0.1, -0.05) is 0 Å². The number of ether oxygens (including phenoxy) is 3. The fourth-order valence-electron chi connectivity index (χ4n) is 2.15. The van der Waals surface area contributed by atoms with Crippen molar-refractivity contribution in [3.8, 4) is 17.2 Å². The summed E-state index contributed by atoms with van der Waals surface area (Å²) in [6.07, 6.45) is 2.88. The van der Waals surface area contributed by atoms with Gasteiger partial charge in [0.15, 0.2) is 11.5 Å². The van der Waals surface area contributed by atoms with Crippen LogP contribution in [0.2, 0.25) is 0 Å². The number of amides is 1. The Hall–Kier alpha value is -2.63. The van der Waals surface area contributed by atoms with Crippen molar-refractivity contribution in [2.75, 3.05) is 26.6 Å². The molecule has 118 valence electrons. The molecule has 0 aliphatic rings. The number of anilines is 1. The molecular weight excluding hydrogens is 284 g/mol. The van der Waals surface area contributed by atoms with Gasteiger partial charge in [0.25, 0.3) is 0 Å². The molecule has 0 bridgehead atoms. The molecule has 1 aromatic carbocycles. The maximum atomic E-state index is 12.0. The second-order valence-electron chi connectivity index (χ2n) is 4.66. The Labute approximate surface area is 129 Å². The molecule has 2 rings (SSSR count). The van der Waals surface area contributed by atoms with E-state index >= 15 is 0 Å². The molecule has 1 amide bonds. The van der Waals surface area contributed by atoms with E-state index < -0.39 is 0 Å². The van der Waals surface area contributed by atoms with Crippen molar-refractivity contribution in [1.29, 1.82) is 0 Å². The summed E-state index contributed by atoms with van der Waals surface area (Å²) in [5.41, 5.74) is 1.63. The van der Waals surface area contributed by atoms with Crippen LogP contribution in [0.25, 0.3) is 0 Å². The van der Waals surface area contributed by atoms with Crippen molar-refractivity contribution in [2.24, 2.45) is 0 Å². The number of hydrogen-bond acceptors (Lipinski definition) is 4. The lowest BCUT2D eigenvalue weighted by Crippen LogP contribution is -2.12. The summed E-state index contributed by atoms with van der Waals surface area (Å²) >= 11 is 0. The second kappa shape index (κ2) is 7.40. The van der Waals surface area contributed by atoms with E-state index in [1.165, 1.54) is 21.3 Å². The number of aromatic nitrogens is 1. The molecule has 0 saturated carbocycles. The highest BCUT2D eigenvalue weighted by atomic mass is 16.5. The standard InChI is InChI=1S/C16H20N2O4/c1-20-13-9-12(10-14(21-2)16(13)22-3)18-15(19)7-6-11-5-4-8-17-11/h4-5,8-10,17H,6-7H2,1-3H3,(H,18,19). The monoisotopic (exact) mass is 304 g/mol. The third-order valence-electron chi connectivity index (χ3n) is 3.23. The highest BCUT2D eigenvalue weighted by Crippen LogP contribution is 2.39. The molecular formula is C16H20N2O4. The summed E-state index contributed by atoms with van der Waals surface area (Å²) in [5.74, 6) is 1.42. The van der Waals surface area contributed by atoms with Crippen molar-refractivity contribution in [1.82, 2.24) is 4.98 Å². The molecule has 1 heterocycles. The lowest BCUT2D eigenvalue weighted by atomic mass is 10.2. The van der Waals surface area contributed by atoms with Crippen molar-refractivity contribution in [2.45, 2.75) is 12.8 Å². The van der Waals surface area contributed by atoms with Crippen molar-refractivity contribution < 1.29 is 19.0 Å². The Morgan fingerprint density at radius 3 is 2.32 bits per heavy atom. The smallest absolute Gasteiger partial charge is 0.224 e. The number of carbonyl (C=O) groups is 1. The van der Waals surface area contributed by atoms with Crippen LogP contribution < -0.4 is 19.5 Å². The van der Waals surface area contributed by atoms with E-state index in [0.717, 1.165) is 5.69 Å². The molecule has 0 fully saturated rings. The lowest BCUT2D eigenvalue weighted by molar-refractivity contribution is -0.116. The summed E-state index contributed by atoms with van der Waals surface area (Å²) in [7, 11) is 4.61. The number of rotatable bonds is 7. The molecule has 2 aromatic rings. The molecule has 6 nitrogen and oxygen atoms in total. The minimum Gasteiger partial charge on any atom is -0.493 e. The fourth-order valence-corrected chi connectivity index (χ4v) is 2.15. The summed E-state index contributed by atoms with van der Waals surface area (Å²) in [6, 6.07) is 7.26. The zero-order chi connectivity index (χ0) is 15.9. The zero-order valence-electron chi connectivity index (χ0n) is 12.9. The largest absolute Gasteiger partial charge is 0.493 e. The van der Waals surface area contributed by atoms with Crippen molar-refractivity contribution >= 4 is 11.6 Å². The van der Waals surface area contributed by atoms with Crippen LogP contribution in [-0.2, 0) is 11.2 Å². The third kappa shape index (κ3) is 3.72. The first kappa shape index (κ1) is 15.8. The second-order valence-corrected chi connectivity index (χ2v) is 4.66. The maximum absolute atomic E-state index is 12.0. The number of nitrogens with one attached hydrogen (secondary N) is 2. The van der Waals surface area contributed by atoms with Crippen LogP contribution in [0.4, 0.5) is 5.69 Å². The van der Waals surface area contributed by atoms with Crippen LogP contribution >= 0.6 is 0 Å². The quantitative estimate of drug-likeness (QED) is 0.824. The molecule has 1 aromatic heterocycles. The Balaban J connectivity index is 2.06. The number of H-pyrrole nitrogens is 1. The lowest BCUT2D eigenvalue weighted by Gasteiger charge is -2.14. The van der Waals surface area contributed by atoms with Crippen molar-refractivity contribution in [3.05, 3.63) is 36.2 Å². The first-order valence-electron chi connectivity index (χ1n) is 6.90. The molecule has 0 aliphatic heterocycles. The summed E-state index contributed by atoms with van der Waals surface area (Å²) in [6.45, 7) is 0. The minimum atomic E-state index is -0.0797. The van der Waals surface area contributed by atoms with Gasteiger partial charge in [0.1, 0.15) is 0 Å². The van der Waals surface area contributed by atoms with E-state index in [-0.39, 0.29) is 5.91 Å². The van der Waals surface area contributed by atoms with Gasteiger partial charge in [0.05, 0.1) is 21.3 Å². The van der Waals surface area contributed by atoms with E-state index in [1.807, 2.05) is 18.3 Å². The molecule has 0 aliphatic carbocycles. The molecule has 0 atom stereocenters. The van der Waals surface area contributed by atoms with Gasteiger partial charge in [-0.25, -0.2) is 0 Å². The van der Waals surface area contributed by atoms with Crippen LogP contribution in [0, 0.1) is 0 Å². The molecule has 0 saturated heterocycles. The highest BCUT2D eigenvalue weighted by Gasteiger charge is 2.14. The number of aryl methyl sites for hydroxylation is 1. The Bertz CT molecular complexity index is 598. The molecule has 0 unspecified atom stereocenters. The van der Waals surface area contributed by atoms with E-state index in [0.29, 0.717) is 35.8 Å². The summed E-state index contributed by atoms with van der Waals surface area (Å²) in [4.78, 5) is 15.1. The SMILES string of the molecule is COc1cc(NC(=O)CCc2ccc[nH]2)cc(OC)c1OC. The van der Waals surface area contributed by atoms with Gasteiger partial charge < -0.3 is 24.5 Å². The zero-order valence-corrected chi connectivity index (χ0v) is 12.9. The van der Waals surface area contributed by atoms with Gasteiger partial charge >= 0.3 is 0 Å². The Morgan fingerprint density at radius 1 is 1.14 bits per heavy atom. The van der Waals surface area contributed by atoms with Gasteiger partial charge in [0.2, 0.25) is 11.7 Å². The highest BCUT2D eigenvalue weighted by molar-refractivity contribution is 5.91. The number of methoxy groups -OCH3 is 3. The van der Waals surface area contributed by atoms with Crippen molar-refractivity contribution in [3.63, 3.8) is 0 Å². The van der Waals surface area contributed by atoms with E-state index in [4.69, 9.17) is 14.2 Å². The number of hydrogen-bond donors (Lipinski definition) is 2. The molecule has 6 heteroatoms. The fraction of sp³-hybridized carbons (Fsp3) is 0.312. The predicted molar refractivity (Wildman–Crippen MR) is 83.8 cm³/mol. The number of benzene rings is 1. The topological polar surface area (TPSA) is 72.6 Å². The van der Waals surface area contributed by atoms with Crippen LogP contribution in [0.1, 0.15) is 12.1 Å². The molecule has 0 spiro atoms. The first-order valence-corrected chi connectivity index (χ1v) is 6.90. The summed E-state index contributed by atoms with van der Waals surface area (Å²) in [5, 5.41) is 2.84.